The normalized spacial score (nSPS) is 13.3. The van der Waals surface area contributed by atoms with Crippen molar-refractivity contribution in [1.29, 1.82) is 0 Å². The number of hydrazine groups is 1. The SMILES string of the molecule is CCSCC[C@@H](N)C(O)C(=O)NNC(=O)c1ccccn1. The van der Waals surface area contributed by atoms with E-state index >= 15 is 0 Å². The minimum Gasteiger partial charge on any atom is -0.382 e. The monoisotopic (exact) mass is 312 g/mol. The van der Waals surface area contributed by atoms with Gasteiger partial charge in [-0.2, -0.15) is 11.8 Å². The zero-order valence-electron chi connectivity index (χ0n) is 11.8. The molecule has 0 aliphatic rings. The largest absolute Gasteiger partial charge is 0.382 e. The van der Waals surface area contributed by atoms with Gasteiger partial charge in [-0.1, -0.05) is 13.0 Å². The molecule has 2 atom stereocenters. The molecule has 1 aromatic heterocycles. The molecule has 1 aromatic rings. The van der Waals surface area contributed by atoms with Gasteiger partial charge in [0.1, 0.15) is 11.8 Å². The van der Waals surface area contributed by atoms with Crippen LogP contribution in [0.4, 0.5) is 0 Å². The summed E-state index contributed by atoms with van der Waals surface area (Å²) in [6.45, 7) is 2.02. The quantitative estimate of drug-likeness (QED) is 0.405. The van der Waals surface area contributed by atoms with E-state index in [-0.39, 0.29) is 5.69 Å². The molecule has 0 fully saturated rings. The first kappa shape index (κ1) is 17.4. The highest BCUT2D eigenvalue weighted by Gasteiger charge is 2.23. The minimum atomic E-state index is -1.37. The van der Waals surface area contributed by atoms with Gasteiger partial charge in [-0.05, 0) is 30.1 Å². The van der Waals surface area contributed by atoms with Crippen LogP contribution in [0.5, 0.6) is 0 Å². The van der Waals surface area contributed by atoms with E-state index in [1.54, 1.807) is 23.9 Å². The number of nitrogens with zero attached hydrogens (tertiary/aromatic N) is 1. The second kappa shape index (κ2) is 9.32. The number of carbonyl (C=O) groups excluding carboxylic acids is 2. The molecule has 8 heteroatoms. The average Bonchev–Trinajstić information content (AvgIpc) is 2.52. The maximum Gasteiger partial charge on any atom is 0.288 e. The van der Waals surface area contributed by atoms with Gasteiger partial charge in [-0.3, -0.25) is 25.4 Å². The van der Waals surface area contributed by atoms with Gasteiger partial charge in [0.15, 0.2) is 0 Å². The molecule has 1 rings (SSSR count). The molecule has 0 saturated carbocycles. The lowest BCUT2D eigenvalue weighted by Crippen LogP contribution is -2.52. The molecule has 21 heavy (non-hydrogen) atoms. The van der Waals surface area contributed by atoms with Crippen molar-refractivity contribution in [3.8, 4) is 0 Å². The van der Waals surface area contributed by atoms with E-state index in [9.17, 15) is 14.7 Å². The maximum absolute atomic E-state index is 11.7. The summed E-state index contributed by atoms with van der Waals surface area (Å²) in [5.74, 6) is 0.414. The molecular formula is C13H20N4O3S. The van der Waals surface area contributed by atoms with Gasteiger partial charge < -0.3 is 10.8 Å². The molecule has 0 saturated heterocycles. The number of hydrogen-bond acceptors (Lipinski definition) is 6. The van der Waals surface area contributed by atoms with E-state index in [0.717, 1.165) is 11.5 Å². The number of aliphatic hydroxyl groups excluding tert-OH is 1. The van der Waals surface area contributed by atoms with Crippen molar-refractivity contribution in [2.75, 3.05) is 11.5 Å². The van der Waals surface area contributed by atoms with Crippen LogP contribution in [-0.2, 0) is 4.79 Å². The number of thioether (sulfide) groups is 1. The van der Waals surface area contributed by atoms with Gasteiger partial charge in [0.25, 0.3) is 11.8 Å². The van der Waals surface area contributed by atoms with Crippen LogP contribution in [0, 0.1) is 0 Å². The van der Waals surface area contributed by atoms with Crippen molar-refractivity contribution in [2.45, 2.75) is 25.5 Å². The van der Waals surface area contributed by atoms with Crippen LogP contribution < -0.4 is 16.6 Å². The molecular weight excluding hydrogens is 292 g/mol. The summed E-state index contributed by atoms with van der Waals surface area (Å²) in [5, 5.41) is 9.76. The van der Waals surface area contributed by atoms with Crippen LogP contribution in [0.3, 0.4) is 0 Å². The summed E-state index contributed by atoms with van der Waals surface area (Å²) in [7, 11) is 0. The van der Waals surface area contributed by atoms with Gasteiger partial charge in [-0.25, -0.2) is 0 Å². The third-order valence-electron chi connectivity index (χ3n) is 2.67. The highest BCUT2D eigenvalue weighted by Crippen LogP contribution is 2.05. The Morgan fingerprint density at radius 3 is 2.81 bits per heavy atom. The molecule has 7 nitrogen and oxygen atoms in total. The van der Waals surface area contributed by atoms with Gasteiger partial charge in [0, 0.05) is 12.2 Å². The predicted octanol–water partition coefficient (Wildman–Crippen LogP) is -0.326. The van der Waals surface area contributed by atoms with Crippen molar-refractivity contribution < 1.29 is 14.7 Å². The van der Waals surface area contributed by atoms with Crippen LogP contribution in [0.2, 0.25) is 0 Å². The van der Waals surface area contributed by atoms with E-state index < -0.39 is 24.0 Å². The number of pyridine rings is 1. The molecule has 0 bridgehead atoms. The fourth-order valence-corrected chi connectivity index (χ4v) is 2.20. The lowest BCUT2D eigenvalue weighted by molar-refractivity contribution is -0.131. The number of amides is 2. The third kappa shape index (κ3) is 6.11. The van der Waals surface area contributed by atoms with E-state index in [4.69, 9.17) is 5.73 Å². The first-order valence-electron chi connectivity index (χ1n) is 6.58. The Labute approximate surface area is 127 Å². The van der Waals surface area contributed by atoms with Crippen LogP contribution in [0.1, 0.15) is 23.8 Å². The fraction of sp³-hybridized carbons (Fsp3) is 0.462. The van der Waals surface area contributed by atoms with Gasteiger partial charge >= 0.3 is 0 Å². The maximum atomic E-state index is 11.7. The zero-order valence-corrected chi connectivity index (χ0v) is 12.6. The molecule has 5 N–H and O–H groups in total. The van der Waals surface area contributed by atoms with Crippen molar-refractivity contribution in [3.63, 3.8) is 0 Å². The molecule has 1 heterocycles. The Morgan fingerprint density at radius 1 is 1.43 bits per heavy atom. The number of carbonyl (C=O) groups is 2. The number of nitrogens with one attached hydrogen (secondary N) is 2. The minimum absolute atomic E-state index is 0.163. The molecule has 0 aliphatic heterocycles. The van der Waals surface area contributed by atoms with Crippen molar-refractivity contribution in [2.24, 2.45) is 5.73 Å². The summed E-state index contributed by atoms with van der Waals surface area (Å²) in [6.07, 6.45) is 0.611. The Hall–Kier alpha value is -1.64. The summed E-state index contributed by atoms with van der Waals surface area (Å²) in [5.41, 5.74) is 10.2. The fourth-order valence-electron chi connectivity index (χ4n) is 1.47. The van der Waals surface area contributed by atoms with Gasteiger partial charge in [-0.15, -0.1) is 0 Å². The van der Waals surface area contributed by atoms with Crippen LogP contribution in [-0.4, -0.2) is 45.6 Å². The van der Waals surface area contributed by atoms with Gasteiger partial charge in [0.2, 0.25) is 0 Å². The van der Waals surface area contributed by atoms with E-state index in [1.165, 1.54) is 12.3 Å². The van der Waals surface area contributed by atoms with Crippen molar-refractivity contribution in [3.05, 3.63) is 30.1 Å². The number of aliphatic hydroxyl groups is 1. The number of nitrogens with two attached hydrogens (primary N) is 1. The Bertz CT molecular complexity index is 458. The molecule has 0 radical (unpaired) electrons. The first-order chi connectivity index (χ1) is 10.1. The Morgan fingerprint density at radius 2 is 2.19 bits per heavy atom. The first-order valence-corrected chi connectivity index (χ1v) is 7.74. The molecule has 0 aromatic carbocycles. The summed E-state index contributed by atoms with van der Waals surface area (Å²) >= 11 is 1.68. The summed E-state index contributed by atoms with van der Waals surface area (Å²) in [6, 6.07) is 4.16. The molecule has 0 aliphatic carbocycles. The second-order valence-electron chi connectivity index (χ2n) is 4.25. The Kier molecular flexibility index (Phi) is 7.73. The summed E-state index contributed by atoms with van der Waals surface area (Å²) < 4.78 is 0. The van der Waals surface area contributed by atoms with Crippen molar-refractivity contribution in [1.82, 2.24) is 15.8 Å². The highest BCUT2D eigenvalue weighted by atomic mass is 32.2. The van der Waals surface area contributed by atoms with Crippen LogP contribution >= 0.6 is 11.8 Å². The highest BCUT2D eigenvalue weighted by molar-refractivity contribution is 7.99. The average molecular weight is 312 g/mol. The Balaban J connectivity index is 2.37. The van der Waals surface area contributed by atoms with Crippen LogP contribution in [0.15, 0.2) is 24.4 Å². The summed E-state index contributed by atoms with van der Waals surface area (Å²) in [4.78, 5) is 27.2. The van der Waals surface area contributed by atoms with Crippen molar-refractivity contribution >= 4 is 23.6 Å². The standard InChI is InChI=1S/C13H20N4O3S/c1-2-21-8-6-9(14)11(18)13(20)17-16-12(19)10-5-3-4-7-15-10/h3-5,7,9,11,18H,2,6,8,14H2,1H3,(H,16,19)(H,17,20)/t9-,11?/m1/s1. The third-order valence-corrected chi connectivity index (χ3v) is 3.60. The number of aromatic nitrogens is 1. The molecule has 2 amide bonds. The zero-order chi connectivity index (χ0) is 15.7. The van der Waals surface area contributed by atoms with Crippen LogP contribution in [0.25, 0.3) is 0 Å². The molecule has 116 valence electrons. The lowest BCUT2D eigenvalue weighted by atomic mass is 10.1. The van der Waals surface area contributed by atoms with E-state index in [2.05, 4.69) is 15.8 Å². The molecule has 1 unspecified atom stereocenters. The second-order valence-corrected chi connectivity index (χ2v) is 5.65. The lowest BCUT2D eigenvalue weighted by Gasteiger charge is -2.18. The number of rotatable bonds is 7. The smallest absolute Gasteiger partial charge is 0.288 e. The predicted molar refractivity (Wildman–Crippen MR) is 81.4 cm³/mol. The van der Waals surface area contributed by atoms with Gasteiger partial charge in [0.05, 0.1) is 0 Å². The van der Waals surface area contributed by atoms with E-state index in [1.807, 2.05) is 6.92 Å². The van der Waals surface area contributed by atoms with E-state index in [0.29, 0.717) is 6.42 Å². The topological polar surface area (TPSA) is 117 Å². The number of hydrogen-bond donors (Lipinski definition) is 4. The molecule has 0 spiro atoms.